The molecule has 0 aromatic heterocycles. The lowest BCUT2D eigenvalue weighted by atomic mass is 9.66. The number of rotatable bonds is 4. The summed E-state index contributed by atoms with van der Waals surface area (Å²) in [7, 11) is 0. The molecular formula is C16H30O. The van der Waals surface area contributed by atoms with Crippen LogP contribution < -0.4 is 0 Å². The maximum Gasteiger partial charge on any atom is 0.0521 e. The first-order chi connectivity index (χ1) is 7.99. The summed E-state index contributed by atoms with van der Waals surface area (Å²) in [6.45, 7) is 11.7. The van der Waals surface area contributed by atoms with Crippen LogP contribution in [0.4, 0.5) is 0 Å². The Hall–Kier alpha value is -0.0400. The summed E-state index contributed by atoms with van der Waals surface area (Å²) in [5, 5.41) is 0. The van der Waals surface area contributed by atoms with Crippen LogP contribution in [0.2, 0.25) is 0 Å². The quantitative estimate of drug-likeness (QED) is 0.700. The van der Waals surface area contributed by atoms with Crippen molar-refractivity contribution in [3.8, 4) is 0 Å². The van der Waals surface area contributed by atoms with E-state index >= 15 is 0 Å². The Balaban J connectivity index is 1.85. The van der Waals surface area contributed by atoms with Gasteiger partial charge in [-0.2, -0.15) is 0 Å². The molecule has 1 aliphatic carbocycles. The molecule has 2 rings (SSSR count). The summed E-state index contributed by atoms with van der Waals surface area (Å²) >= 11 is 0. The van der Waals surface area contributed by atoms with Crippen LogP contribution in [0.25, 0.3) is 0 Å². The second kappa shape index (κ2) is 5.30. The third-order valence-electron chi connectivity index (χ3n) is 5.32. The highest BCUT2D eigenvalue weighted by Gasteiger charge is 2.37. The molecule has 0 radical (unpaired) electrons. The molecular weight excluding hydrogens is 208 g/mol. The van der Waals surface area contributed by atoms with Gasteiger partial charge in [-0.05, 0) is 36.0 Å². The van der Waals surface area contributed by atoms with Crippen LogP contribution in [-0.4, -0.2) is 13.2 Å². The van der Waals surface area contributed by atoms with Crippen molar-refractivity contribution in [3.63, 3.8) is 0 Å². The molecule has 1 heterocycles. The van der Waals surface area contributed by atoms with Gasteiger partial charge in [-0.1, -0.05) is 47.0 Å². The topological polar surface area (TPSA) is 9.23 Å². The minimum absolute atomic E-state index is 0.502. The monoisotopic (exact) mass is 238 g/mol. The van der Waals surface area contributed by atoms with Crippen LogP contribution in [0, 0.1) is 29.1 Å². The number of hydrogen-bond donors (Lipinski definition) is 0. The van der Waals surface area contributed by atoms with Gasteiger partial charge in [0, 0.05) is 5.92 Å². The minimum Gasteiger partial charge on any atom is -0.381 e. The third-order valence-corrected chi connectivity index (χ3v) is 5.32. The summed E-state index contributed by atoms with van der Waals surface area (Å²) in [6.07, 6.45) is 7.31. The average molecular weight is 238 g/mol. The van der Waals surface area contributed by atoms with E-state index in [0.717, 1.165) is 36.9 Å². The zero-order valence-electron chi connectivity index (χ0n) is 12.2. The molecule has 17 heavy (non-hydrogen) atoms. The van der Waals surface area contributed by atoms with Gasteiger partial charge in [0.15, 0.2) is 0 Å². The zero-order valence-corrected chi connectivity index (χ0v) is 12.2. The largest absolute Gasteiger partial charge is 0.381 e. The summed E-state index contributed by atoms with van der Waals surface area (Å²) in [4.78, 5) is 0. The van der Waals surface area contributed by atoms with Crippen LogP contribution in [-0.2, 0) is 4.74 Å². The highest BCUT2D eigenvalue weighted by atomic mass is 16.5. The van der Waals surface area contributed by atoms with Gasteiger partial charge in [0.25, 0.3) is 0 Å². The van der Waals surface area contributed by atoms with Crippen LogP contribution in [0.5, 0.6) is 0 Å². The maximum absolute atomic E-state index is 5.37. The molecule has 0 amide bonds. The van der Waals surface area contributed by atoms with Crippen LogP contribution in [0.15, 0.2) is 0 Å². The lowest BCUT2D eigenvalue weighted by Crippen LogP contribution is -2.41. The van der Waals surface area contributed by atoms with E-state index in [0.29, 0.717) is 5.41 Å². The molecule has 0 N–H and O–H groups in total. The van der Waals surface area contributed by atoms with Crippen molar-refractivity contribution in [2.75, 3.05) is 13.2 Å². The van der Waals surface area contributed by atoms with E-state index in [2.05, 4.69) is 27.7 Å². The first-order valence-electron chi connectivity index (χ1n) is 7.57. The Morgan fingerprint density at radius 1 is 1.18 bits per heavy atom. The van der Waals surface area contributed by atoms with Gasteiger partial charge in [-0.15, -0.1) is 0 Å². The molecule has 1 saturated heterocycles. The highest BCUT2D eigenvalue weighted by molar-refractivity contribution is 4.86. The van der Waals surface area contributed by atoms with Crippen molar-refractivity contribution in [1.29, 1.82) is 0 Å². The minimum atomic E-state index is 0.502. The Morgan fingerprint density at radius 2 is 1.88 bits per heavy atom. The second-order valence-electron chi connectivity index (χ2n) is 7.46. The van der Waals surface area contributed by atoms with Gasteiger partial charge in [0.1, 0.15) is 0 Å². The molecule has 2 atom stereocenters. The highest BCUT2D eigenvalue weighted by Crippen LogP contribution is 2.44. The van der Waals surface area contributed by atoms with Crippen molar-refractivity contribution in [2.45, 2.75) is 59.8 Å². The summed E-state index contributed by atoms with van der Waals surface area (Å²) in [5.41, 5.74) is 0.502. The third kappa shape index (κ3) is 3.24. The fourth-order valence-corrected chi connectivity index (χ4v) is 3.72. The standard InChI is InChI=1S/C16H30O/c1-12(2)14-7-5-6-13(8-14)9-16(3,4)15-10-17-11-15/h12-15H,5-11H2,1-4H3. The molecule has 1 heteroatoms. The Morgan fingerprint density at radius 3 is 2.41 bits per heavy atom. The van der Waals surface area contributed by atoms with Crippen LogP contribution >= 0.6 is 0 Å². The predicted molar refractivity (Wildman–Crippen MR) is 73.0 cm³/mol. The fraction of sp³-hybridized carbons (Fsp3) is 1.00. The molecule has 2 aliphatic rings. The molecule has 0 aromatic rings. The number of ether oxygens (including phenoxy) is 1. The van der Waals surface area contributed by atoms with E-state index in [9.17, 15) is 0 Å². The van der Waals surface area contributed by atoms with Crippen molar-refractivity contribution in [1.82, 2.24) is 0 Å². The summed E-state index contributed by atoms with van der Waals surface area (Å²) in [6, 6.07) is 0. The van der Waals surface area contributed by atoms with Gasteiger partial charge in [-0.25, -0.2) is 0 Å². The molecule has 2 unspecified atom stereocenters. The number of hydrogen-bond acceptors (Lipinski definition) is 1. The van der Waals surface area contributed by atoms with E-state index in [-0.39, 0.29) is 0 Å². The Kier molecular flexibility index (Phi) is 4.18. The van der Waals surface area contributed by atoms with Crippen molar-refractivity contribution in [3.05, 3.63) is 0 Å². The van der Waals surface area contributed by atoms with Gasteiger partial charge in [0.2, 0.25) is 0 Å². The summed E-state index contributed by atoms with van der Waals surface area (Å²) < 4.78 is 5.37. The van der Waals surface area contributed by atoms with E-state index < -0.39 is 0 Å². The molecule has 0 bridgehead atoms. The van der Waals surface area contributed by atoms with Gasteiger partial charge < -0.3 is 4.74 Å². The molecule has 0 spiro atoms. The second-order valence-corrected chi connectivity index (χ2v) is 7.46. The Labute approximate surface area is 107 Å². The van der Waals surface area contributed by atoms with Crippen molar-refractivity contribution >= 4 is 0 Å². The zero-order chi connectivity index (χ0) is 12.5. The summed E-state index contributed by atoms with van der Waals surface area (Å²) in [5.74, 6) is 3.67. The van der Waals surface area contributed by atoms with E-state index in [1.807, 2.05) is 0 Å². The first-order valence-corrected chi connectivity index (χ1v) is 7.57. The first kappa shape index (κ1) is 13.4. The van der Waals surface area contributed by atoms with Gasteiger partial charge in [-0.3, -0.25) is 0 Å². The molecule has 100 valence electrons. The molecule has 0 aromatic carbocycles. The lowest BCUT2D eigenvalue weighted by Gasteiger charge is -2.43. The fourth-order valence-electron chi connectivity index (χ4n) is 3.72. The maximum atomic E-state index is 5.37. The Bertz CT molecular complexity index is 240. The molecule has 1 nitrogen and oxygen atoms in total. The van der Waals surface area contributed by atoms with E-state index in [1.165, 1.54) is 32.1 Å². The van der Waals surface area contributed by atoms with Gasteiger partial charge in [0.05, 0.1) is 13.2 Å². The van der Waals surface area contributed by atoms with E-state index in [4.69, 9.17) is 4.74 Å². The molecule has 1 saturated carbocycles. The smallest absolute Gasteiger partial charge is 0.0521 e. The van der Waals surface area contributed by atoms with E-state index in [1.54, 1.807) is 0 Å². The van der Waals surface area contributed by atoms with Crippen LogP contribution in [0.3, 0.4) is 0 Å². The molecule has 2 fully saturated rings. The average Bonchev–Trinajstić information content (AvgIpc) is 2.13. The lowest BCUT2D eigenvalue weighted by molar-refractivity contribution is -0.0962. The van der Waals surface area contributed by atoms with Crippen LogP contribution in [0.1, 0.15) is 59.8 Å². The predicted octanol–water partition coefficient (Wildman–Crippen LogP) is 4.51. The molecule has 1 aliphatic heterocycles. The van der Waals surface area contributed by atoms with Crippen molar-refractivity contribution in [2.24, 2.45) is 29.1 Å². The van der Waals surface area contributed by atoms with Gasteiger partial charge >= 0.3 is 0 Å². The SMILES string of the molecule is CC(C)C1CCCC(CC(C)(C)C2COC2)C1. The normalized spacial score (nSPS) is 31.6. The van der Waals surface area contributed by atoms with Crippen molar-refractivity contribution < 1.29 is 4.74 Å².